The lowest BCUT2D eigenvalue weighted by Crippen LogP contribution is -2.46. The molecule has 0 saturated heterocycles. The van der Waals surface area contributed by atoms with Crippen molar-refractivity contribution in [1.82, 2.24) is 0 Å². The molecule has 6 aliphatic rings. The van der Waals surface area contributed by atoms with Crippen LogP contribution in [-0.4, -0.2) is 6.04 Å². The fourth-order valence-electron chi connectivity index (χ4n) is 8.06. The smallest absolute Gasteiger partial charge is 0.0176 e. The van der Waals surface area contributed by atoms with Gasteiger partial charge >= 0.3 is 0 Å². The standard InChI is InChI=1S/C17H19N/c18-16-14-11-6-9-10-7-12(13(9)14)17(16,15(10)11)8-4-2-1-3-5-8/h1-5,9-16H,6-7,18H2/t9-,10-,11?,12+,13-,14-,15?,16+,17-/m0/s1. The Morgan fingerprint density at radius 3 is 2.61 bits per heavy atom. The summed E-state index contributed by atoms with van der Waals surface area (Å²) in [7, 11) is 0. The zero-order chi connectivity index (χ0) is 11.6. The van der Waals surface area contributed by atoms with Gasteiger partial charge in [0.2, 0.25) is 0 Å². The van der Waals surface area contributed by atoms with Crippen molar-refractivity contribution in [3.63, 3.8) is 0 Å². The highest BCUT2D eigenvalue weighted by Gasteiger charge is 2.85. The van der Waals surface area contributed by atoms with Crippen LogP contribution in [0.3, 0.4) is 0 Å². The number of benzene rings is 1. The van der Waals surface area contributed by atoms with Crippen LogP contribution in [0.2, 0.25) is 0 Å². The summed E-state index contributed by atoms with van der Waals surface area (Å²) in [6.45, 7) is 0. The Morgan fingerprint density at radius 2 is 1.78 bits per heavy atom. The third-order valence-electron chi connectivity index (χ3n) is 7.85. The molecule has 0 spiro atoms. The summed E-state index contributed by atoms with van der Waals surface area (Å²) in [5.74, 6) is 6.94. The Hall–Kier alpha value is -0.820. The number of nitrogens with two attached hydrogens (primary N) is 1. The highest BCUT2D eigenvalue weighted by molar-refractivity contribution is 5.46. The van der Waals surface area contributed by atoms with Crippen molar-refractivity contribution < 1.29 is 0 Å². The molecular weight excluding hydrogens is 218 g/mol. The maximum absolute atomic E-state index is 6.81. The van der Waals surface area contributed by atoms with Crippen LogP contribution in [-0.2, 0) is 5.41 Å². The normalized spacial score (nSPS) is 64.7. The first-order chi connectivity index (χ1) is 8.85. The topological polar surface area (TPSA) is 26.0 Å². The SMILES string of the molecule is N[C@@H]1[C@H]2C3C[C@@H]4[C@H]2[C@H]2C[C@@H]4C3[C@@]12c1ccccc1. The van der Waals surface area contributed by atoms with Gasteiger partial charge < -0.3 is 5.73 Å². The molecule has 92 valence electrons. The van der Waals surface area contributed by atoms with Crippen molar-refractivity contribution in [2.45, 2.75) is 24.3 Å². The Bertz CT molecular complexity index is 552. The van der Waals surface area contributed by atoms with E-state index in [1.165, 1.54) is 12.8 Å². The molecule has 1 heteroatoms. The minimum atomic E-state index is 0.402. The maximum atomic E-state index is 6.81. The Morgan fingerprint density at radius 1 is 0.944 bits per heavy atom. The fourth-order valence-corrected chi connectivity index (χ4v) is 8.06. The average Bonchev–Trinajstić information content (AvgIpc) is 3.11. The predicted molar refractivity (Wildman–Crippen MR) is 69.8 cm³/mol. The molecule has 7 rings (SSSR count). The van der Waals surface area contributed by atoms with E-state index in [0.29, 0.717) is 11.5 Å². The average molecular weight is 237 g/mol. The lowest BCUT2D eigenvalue weighted by Gasteiger charge is -2.43. The van der Waals surface area contributed by atoms with Crippen molar-refractivity contribution in [2.75, 3.05) is 0 Å². The Labute approximate surface area is 108 Å². The predicted octanol–water partition coefficient (Wildman–Crippen LogP) is 2.41. The molecule has 2 N–H and O–H groups in total. The van der Waals surface area contributed by atoms with Gasteiger partial charge in [-0.05, 0) is 59.8 Å². The quantitative estimate of drug-likeness (QED) is 0.797. The molecule has 1 aromatic rings. The maximum Gasteiger partial charge on any atom is 0.0176 e. The van der Waals surface area contributed by atoms with Gasteiger partial charge in [-0.25, -0.2) is 0 Å². The lowest BCUT2D eigenvalue weighted by atomic mass is 9.60. The van der Waals surface area contributed by atoms with E-state index < -0.39 is 0 Å². The van der Waals surface area contributed by atoms with Crippen molar-refractivity contribution in [3.8, 4) is 0 Å². The first-order valence-corrected chi connectivity index (χ1v) is 7.66. The third kappa shape index (κ3) is 0.602. The third-order valence-corrected chi connectivity index (χ3v) is 7.85. The number of hydrogen-bond donors (Lipinski definition) is 1. The lowest BCUT2D eigenvalue weighted by molar-refractivity contribution is 0.107. The number of hydrogen-bond acceptors (Lipinski definition) is 1. The first kappa shape index (κ1) is 9.14. The van der Waals surface area contributed by atoms with Gasteiger partial charge in [0.15, 0.2) is 0 Å². The molecule has 0 radical (unpaired) electrons. The summed E-state index contributed by atoms with van der Waals surface area (Å²) in [4.78, 5) is 0. The van der Waals surface area contributed by atoms with Gasteiger partial charge in [0, 0.05) is 11.5 Å². The van der Waals surface area contributed by atoms with Crippen LogP contribution in [0.15, 0.2) is 30.3 Å². The molecule has 6 aliphatic carbocycles. The van der Waals surface area contributed by atoms with E-state index in [4.69, 9.17) is 5.73 Å². The van der Waals surface area contributed by atoms with Crippen molar-refractivity contribution >= 4 is 0 Å². The summed E-state index contributed by atoms with van der Waals surface area (Å²) in [5.41, 5.74) is 8.80. The number of rotatable bonds is 1. The van der Waals surface area contributed by atoms with E-state index in [0.717, 1.165) is 41.4 Å². The van der Waals surface area contributed by atoms with Crippen LogP contribution in [0.5, 0.6) is 0 Å². The van der Waals surface area contributed by atoms with E-state index in [1.807, 2.05) is 0 Å². The van der Waals surface area contributed by atoms with Crippen LogP contribution in [0.25, 0.3) is 0 Å². The van der Waals surface area contributed by atoms with Crippen LogP contribution in [0, 0.1) is 41.4 Å². The Balaban J connectivity index is 1.68. The molecule has 0 amide bonds. The summed E-state index contributed by atoms with van der Waals surface area (Å²) in [6, 6.07) is 11.8. The summed E-state index contributed by atoms with van der Waals surface area (Å²) < 4.78 is 0. The monoisotopic (exact) mass is 237 g/mol. The van der Waals surface area contributed by atoms with Gasteiger partial charge in [0.1, 0.15) is 0 Å². The highest BCUT2D eigenvalue weighted by atomic mass is 15.0. The van der Waals surface area contributed by atoms with Gasteiger partial charge in [0.05, 0.1) is 0 Å². The van der Waals surface area contributed by atoms with Gasteiger partial charge in [0.25, 0.3) is 0 Å². The van der Waals surface area contributed by atoms with E-state index in [1.54, 1.807) is 5.56 Å². The molecule has 0 aromatic heterocycles. The molecule has 9 atom stereocenters. The minimum Gasteiger partial charge on any atom is -0.327 e. The van der Waals surface area contributed by atoms with Crippen molar-refractivity contribution in [2.24, 2.45) is 47.2 Å². The largest absolute Gasteiger partial charge is 0.327 e. The molecule has 2 unspecified atom stereocenters. The molecule has 0 heterocycles. The highest BCUT2D eigenvalue weighted by Crippen LogP contribution is 2.86. The second-order valence-corrected chi connectivity index (χ2v) is 7.57. The zero-order valence-electron chi connectivity index (χ0n) is 10.5. The van der Waals surface area contributed by atoms with Crippen LogP contribution >= 0.6 is 0 Å². The molecular formula is C17H19N. The van der Waals surface area contributed by atoms with E-state index >= 15 is 0 Å². The summed E-state index contributed by atoms with van der Waals surface area (Å²) in [5, 5.41) is 0. The van der Waals surface area contributed by atoms with Crippen LogP contribution in [0.4, 0.5) is 0 Å². The van der Waals surface area contributed by atoms with Crippen LogP contribution < -0.4 is 5.73 Å². The molecule has 18 heavy (non-hydrogen) atoms. The van der Waals surface area contributed by atoms with Gasteiger partial charge in [-0.2, -0.15) is 0 Å². The Kier molecular flexibility index (Phi) is 1.23. The molecule has 0 aliphatic heterocycles. The molecule has 1 nitrogen and oxygen atoms in total. The summed E-state index contributed by atoms with van der Waals surface area (Å²) >= 11 is 0. The van der Waals surface area contributed by atoms with E-state index in [2.05, 4.69) is 30.3 Å². The van der Waals surface area contributed by atoms with Crippen molar-refractivity contribution in [3.05, 3.63) is 35.9 Å². The van der Waals surface area contributed by atoms with Gasteiger partial charge in [-0.1, -0.05) is 30.3 Å². The second-order valence-electron chi connectivity index (χ2n) is 7.57. The van der Waals surface area contributed by atoms with E-state index in [-0.39, 0.29) is 0 Å². The van der Waals surface area contributed by atoms with Gasteiger partial charge in [-0.3, -0.25) is 0 Å². The van der Waals surface area contributed by atoms with Crippen LogP contribution in [0.1, 0.15) is 18.4 Å². The molecule has 6 bridgehead atoms. The minimum absolute atomic E-state index is 0.402. The second kappa shape index (κ2) is 2.43. The zero-order valence-corrected chi connectivity index (χ0v) is 10.5. The summed E-state index contributed by atoms with van der Waals surface area (Å²) in [6.07, 6.45) is 3.04. The molecule has 1 aromatic carbocycles. The van der Waals surface area contributed by atoms with E-state index in [9.17, 15) is 0 Å². The molecule has 6 saturated carbocycles. The fraction of sp³-hybridized carbons (Fsp3) is 0.647. The van der Waals surface area contributed by atoms with Crippen molar-refractivity contribution in [1.29, 1.82) is 0 Å². The van der Waals surface area contributed by atoms with Gasteiger partial charge in [-0.15, -0.1) is 0 Å². The first-order valence-electron chi connectivity index (χ1n) is 7.66. The molecule has 6 fully saturated rings.